The molecule has 5 nitrogen and oxygen atoms in total. The summed E-state index contributed by atoms with van der Waals surface area (Å²) >= 11 is 11.7. The molecule has 0 radical (unpaired) electrons. The molecule has 0 heterocycles. The summed E-state index contributed by atoms with van der Waals surface area (Å²) in [6.07, 6.45) is 0. The molecule has 0 spiro atoms. The molecule has 1 N–H and O–H groups in total. The summed E-state index contributed by atoms with van der Waals surface area (Å²) in [6.45, 7) is 0. The van der Waals surface area contributed by atoms with Crippen molar-refractivity contribution < 1.29 is 14.1 Å². The van der Waals surface area contributed by atoms with Gasteiger partial charge >= 0.3 is 5.69 Å². The number of amides is 1. The van der Waals surface area contributed by atoms with Crippen molar-refractivity contribution in [2.24, 2.45) is 0 Å². The maximum Gasteiger partial charge on any atom is 0.305 e. The van der Waals surface area contributed by atoms with Crippen molar-refractivity contribution in [2.45, 2.75) is 0 Å². The summed E-state index contributed by atoms with van der Waals surface area (Å²) in [7, 11) is 0. The number of nitrogens with one attached hydrogen (secondary N) is 1. The highest BCUT2D eigenvalue weighted by Gasteiger charge is 2.18. The van der Waals surface area contributed by atoms with Crippen LogP contribution in [-0.2, 0) is 0 Å². The van der Waals surface area contributed by atoms with Crippen molar-refractivity contribution in [1.82, 2.24) is 0 Å². The zero-order valence-corrected chi connectivity index (χ0v) is 11.8. The van der Waals surface area contributed by atoms with Crippen molar-refractivity contribution in [3.8, 4) is 0 Å². The largest absolute Gasteiger partial charge is 0.321 e. The van der Waals surface area contributed by atoms with E-state index in [9.17, 15) is 19.3 Å². The zero-order valence-electron chi connectivity index (χ0n) is 10.3. The predicted molar refractivity (Wildman–Crippen MR) is 77.5 cm³/mol. The predicted octanol–water partition coefficient (Wildman–Crippen LogP) is 4.29. The molecule has 0 aliphatic rings. The Morgan fingerprint density at radius 2 is 1.90 bits per heavy atom. The number of nitrogens with zero attached hydrogens (tertiary/aromatic N) is 1. The van der Waals surface area contributed by atoms with E-state index in [2.05, 4.69) is 5.32 Å². The highest BCUT2D eigenvalue weighted by Crippen LogP contribution is 2.26. The Balaban J connectivity index is 2.30. The lowest BCUT2D eigenvalue weighted by Gasteiger charge is -2.07. The maximum atomic E-state index is 13.2. The number of hydrogen-bond donors (Lipinski definition) is 1. The van der Waals surface area contributed by atoms with Crippen LogP contribution >= 0.6 is 23.2 Å². The van der Waals surface area contributed by atoms with Crippen LogP contribution < -0.4 is 5.32 Å². The Hall–Kier alpha value is -2.18. The van der Waals surface area contributed by atoms with Gasteiger partial charge in [0.2, 0.25) is 5.82 Å². The van der Waals surface area contributed by atoms with Gasteiger partial charge in [-0.1, -0.05) is 23.2 Å². The SMILES string of the molecule is O=C(Nc1cc(Cl)ccc1Cl)c1ccc(F)c([N+](=O)[O-])c1. The first-order chi connectivity index (χ1) is 9.88. The van der Waals surface area contributed by atoms with E-state index < -0.39 is 22.3 Å². The van der Waals surface area contributed by atoms with E-state index in [1.54, 1.807) is 6.07 Å². The van der Waals surface area contributed by atoms with Crippen LogP contribution in [-0.4, -0.2) is 10.8 Å². The van der Waals surface area contributed by atoms with E-state index in [4.69, 9.17) is 23.2 Å². The van der Waals surface area contributed by atoms with Gasteiger partial charge in [0.1, 0.15) is 0 Å². The Kier molecular flexibility index (Phi) is 4.40. The summed E-state index contributed by atoms with van der Waals surface area (Å²) in [4.78, 5) is 21.8. The number of rotatable bonds is 3. The molecule has 0 unspecified atom stereocenters. The molecule has 0 aliphatic heterocycles. The van der Waals surface area contributed by atoms with Gasteiger partial charge in [-0.05, 0) is 30.3 Å². The number of anilines is 1. The number of carbonyl (C=O) groups is 1. The molecule has 8 heteroatoms. The lowest BCUT2D eigenvalue weighted by atomic mass is 10.1. The van der Waals surface area contributed by atoms with Crippen molar-refractivity contribution >= 4 is 40.5 Å². The van der Waals surface area contributed by atoms with Crippen molar-refractivity contribution in [2.75, 3.05) is 5.32 Å². The number of benzene rings is 2. The first-order valence-corrected chi connectivity index (χ1v) is 6.34. The first kappa shape index (κ1) is 15.2. The van der Waals surface area contributed by atoms with Crippen LogP contribution in [0.1, 0.15) is 10.4 Å². The van der Waals surface area contributed by atoms with Gasteiger partial charge < -0.3 is 5.32 Å². The number of hydrogen-bond acceptors (Lipinski definition) is 3. The van der Waals surface area contributed by atoms with Gasteiger partial charge in [-0.15, -0.1) is 0 Å². The van der Waals surface area contributed by atoms with E-state index in [-0.39, 0.29) is 16.3 Å². The van der Waals surface area contributed by atoms with Crippen LogP contribution in [0.4, 0.5) is 15.8 Å². The zero-order chi connectivity index (χ0) is 15.6. The number of halogens is 3. The van der Waals surface area contributed by atoms with Crippen LogP contribution in [0, 0.1) is 15.9 Å². The van der Waals surface area contributed by atoms with Crippen LogP contribution in [0.5, 0.6) is 0 Å². The first-order valence-electron chi connectivity index (χ1n) is 5.59. The normalized spacial score (nSPS) is 10.2. The molecular formula is C13H7Cl2FN2O3. The minimum atomic E-state index is -1.02. The van der Waals surface area contributed by atoms with Crippen LogP contribution in [0.2, 0.25) is 10.0 Å². The maximum absolute atomic E-state index is 13.2. The second-order valence-corrected chi connectivity index (χ2v) is 4.85. The molecule has 0 fully saturated rings. The third kappa shape index (κ3) is 3.48. The minimum absolute atomic E-state index is 0.0702. The molecule has 0 aromatic heterocycles. The number of nitro groups is 1. The number of carbonyl (C=O) groups excluding carboxylic acids is 1. The molecular weight excluding hydrogens is 322 g/mol. The molecule has 0 saturated heterocycles. The Morgan fingerprint density at radius 3 is 2.57 bits per heavy atom. The smallest absolute Gasteiger partial charge is 0.305 e. The summed E-state index contributed by atoms with van der Waals surface area (Å²) in [5, 5.41) is 13.7. The van der Waals surface area contributed by atoms with Gasteiger partial charge in [-0.2, -0.15) is 4.39 Å². The van der Waals surface area contributed by atoms with Crippen molar-refractivity contribution in [3.63, 3.8) is 0 Å². The Labute approximate surface area is 128 Å². The van der Waals surface area contributed by atoms with Gasteiger partial charge in [0.15, 0.2) is 0 Å². The van der Waals surface area contributed by atoms with E-state index >= 15 is 0 Å². The van der Waals surface area contributed by atoms with Gasteiger partial charge in [0.25, 0.3) is 5.91 Å². The molecule has 1 amide bonds. The summed E-state index contributed by atoms with van der Waals surface area (Å²) in [5.41, 5.74) is -0.597. The third-order valence-corrected chi connectivity index (χ3v) is 3.15. The molecule has 0 aliphatic carbocycles. The third-order valence-electron chi connectivity index (χ3n) is 2.58. The van der Waals surface area contributed by atoms with Crippen LogP contribution in [0.25, 0.3) is 0 Å². The van der Waals surface area contributed by atoms with E-state index in [0.717, 1.165) is 18.2 Å². The van der Waals surface area contributed by atoms with Crippen molar-refractivity contribution in [3.05, 3.63) is 67.9 Å². The van der Waals surface area contributed by atoms with Crippen LogP contribution in [0.3, 0.4) is 0 Å². The Bertz CT molecular complexity index is 737. The molecule has 0 atom stereocenters. The average Bonchev–Trinajstić information content (AvgIpc) is 2.43. The lowest BCUT2D eigenvalue weighted by Crippen LogP contribution is -2.12. The Morgan fingerprint density at radius 1 is 1.19 bits per heavy atom. The topological polar surface area (TPSA) is 72.2 Å². The standard InChI is InChI=1S/C13H7Cl2FN2O3/c14-8-2-3-9(15)11(6-8)17-13(19)7-1-4-10(16)12(5-7)18(20)21/h1-6H,(H,17,19). The van der Waals surface area contributed by atoms with Gasteiger partial charge in [-0.3, -0.25) is 14.9 Å². The highest BCUT2D eigenvalue weighted by molar-refractivity contribution is 6.35. The fourth-order valence-corrected chi connectivity index (χ4v) is 1.92. The second kappa shape index (κ2) is 6.07. The van der Waals surface area contributed by atoms with Gasteiger partial charge in [-0.25, -0.2) is 0 Å². The molecule has 0 bridgehead atoms. The monoisotopic (exact) mass is 328 g/mol. The molecule has 2 rings (SSSR count). The number of nitro benzene ring substituents is 1. The van der Waals surface area contributed by atoms with Gasteiger partial charge in [0, 0.05) is 16.7 Å². The quantitative estimate of drug-likeness (QED) is 0.674. The van der Waals surface area contributed by atoms with Crippen molar-refractivity contribution in [1.29, 1.82) is 0 Å². The highest BCUT2D eigenvalue weighted by atomic mass is 35.5. The molecule has 108 valence electrons. The lowest BCUT2D eigenvalue weighted by molar-refractivity contribution is -0.387. The fraction of sp³-hybridized carbons (Fsp3) is 0. The van der Waals surface area contributed by atoms with E-state index in [0.29, 0.717) is 5.02 Å². The fourth-order valence-electron chi connectivity index (χ4n) is 1.58. The summed E-state index contributed by atoms with van der Waals surface area (Å²) in [6, 6.07) is 7.31. The van der Waals surface area contributed by atoms with E-state index in [1.807, 2.05) is 0 Å². The molecule has 2 aromatic carbocycles. The second-order valence-electron chi connectivity index (χ2n) is 4.00. The summed E-state index contributed by atoms with van der Waals surface area (Å²) < 4.78 is 13.2. The molecule has 2 aromatic rings. The minimum Gasteiger partial charge on any atom is -0.321 e. The van der Waals surface area contributed by atoms with Gasteiger partial charge in [0.05, 0.1) is 15.6 Å². The summed E-state index contributed by atoms with van der Waals surface area (Å²) in [5.74, 6) is -1.68. The average molecular weight is 329 g/mol. The molecule has 0 saturated carbocycles. The van der Waals surface area contributed by atoms with Crippen LogP contribution in [0.15, 0.2) is 36.4 Å². The molecule has 21 heavy (non-hydrogen) atoms. The van der Waals surface area contributed by atoms with E-state index in [1.165, 1.54) is 12.1 Å².